The molecule has 46 heavy (non-hydrogen) atoms. The first-order valence-corrected chi connectivity index (χ1v) is 18.4. The number of aryl methyl sites for hydroxylation is 1. The molecule has 0 aromatic heterocycles. The minimum atomic E-state index is -0.401. The summed E-state index contributed by atoms with van der Waals surface area (Å²) < 4.78 is 18.5. The highest BCUT2D eigenvalue weighted by Gasteiger charge is 2.37. The fourth-order valence-corrected chi connectivity index (χ4v) is 9.32. The number of fused-ring (bicyclic) bond motifs is 1. The van der Waals surface area contributed by atoms with E-state index < -0.39 is 5.97 Å². The Balaban J connectivity index is 1.09. The van der Waals surface area contributed by atoms with Crippen LogP contribution in [-0.4, -0.2) is 46.4 Å². The van der Waals surface area contributed by atoms with Gasteiger partial charge in [-0.2, -0.15) is 0 Å². The number of hydrogen-bond donors (Lipinski definition) is 1. The summed E-state index contributed by atoms with van der Waals surface area (Å²) >= 11 is 3.38. The second kappa shape index (κ2) is 15.1. The minimum Gasteiger partial charge on any atom is -0.508 e. The fraction of sp³-hybridized carbons (Fsp3) is 0.500. The number of ketones is 1. The second-order valence-electron chi connectivity index (χ2n) is 12.5. The largest absolute Gasteiger partial charge is 0.508 e. The molecule has 244 valence electrons. The van der Waals surface area contributed by atoms with E-state index in [0.717, 1.165) is 59.8 Å². The molecule has 6 rings (SSSR count). The Kier molecular flexibility index (Phi) is 10.7. The summed E-state index contributed by atoms with van der Waals surface area (Å²) in [5, 5.41) is 9.43. The molecule has 3 aliphatic carbocycles. The molecule has 2 aromatic carbocycles. The van der Waals surface area contributed by atoms with Crippen LogP contribution >= 0.6 is 23.5 Å². The van der Waals surface area contributed by atoms with Gasteiger partial charge in [0.2, 0.25) is 0 Å². The van der Waals surface area contributed by atoms with Crippen LogP contribution in [-0.2, 0) is 32.0 Å². The number of phenols is 1. The molecular weight excluding hydrogens is 625 g/mol. The van der Waals surface area contributed by atoms with Gasteiger partial charge in [0.1, 0.15) is 23.4 Å². The Morgan fingerprint density at radius 3 is 2.09 bits per heavy atom. The molecule has 0 spiro atoms. The lowest BCUT2D eigenvalue weighted by Crippen LogP contribution is -2.30. The van der Waals surface area contributed by atoms with Crippen LogP contribution in [0.4, 0.5) is 0 Å². The average Bonchev–Trinajstić information content (AvgIpc) is 3.44. The quantitative estimate of drug-likeness (QED) is 0.175. The van der Waals surface area contributed by atoms with E-state index in [0.29, 0.717) is 61.0 Å². The number of benzene rings is 2. The van der Waals surface area contributed by atoms with Crippen molar-refractivity contribution in [2.75, 3.05) is 11.5 Å². The molecular formula is C36H40O8S2. The molecule has 1 aliphatic heterocycles. The van der Waals surface area contributed by atoms with Crippen LogP contribution in [0, 0.1) is 11.8 Å². The van der Waals surface area contributed by atoms with Crippen molar-refractivity contribution in [3.63, 3.8) is 0 Å². The van der Waals surface area contributed by atoms with E-state index in [-0.39, 0.29) is 53.6 Å². The highest BCUT2D eigenvalue weighted by molar-refractivity contribution is 8.22. The lowest BCUT2D eigenvalue weighted by molar-refractivity contribution is -0.152. The van der Waals surface area contributed by atoms with E-state index in [9.17, 15) is 24.3 Å². The first-order valence-electron chi connectivity index (χ1n) is 16.5. The summed E-state index contributed by atoms with van der Waals surface area (Å²) in [7, 11) is 0. The van der Waals surface area contributed by atoms with Gasteiger partial charge in [-0.3, -0.25) is 19.2 Å². The molecule has 1 heterocycles. The van der Waals surface area contributed by atoms with Crippen LogP contribution in [0.5, 0.6) is 17.2 Å². The number of hydrogen-bond acceptors (Lipinski definition) is 10. The predicted octanol–water partition coefficient (Wildman–Crippen LogP) is 7.34. The number of Topliss-reactive ketones (excluding diaryl/α,β-unsaturated/α-hetero) is 1. The summed E-state index contributed by atoms with van der Waals surface area (Å²) in [6, 6.07) is 10.0. The van der Waals surface area contributed by atoms with Crippen molar-refractivity contribution < 1.29 is 38.5 Å². The van der Waals surface area contributed by atoms with E-state index in [1.807, 2.05) is 0 Å². The third kappa shape index (κ3) is 7.82. The standard InChI is InChI=1S/C36H40O8S2/c37-25-12-7-22(8-13-25)9-18-31(38)42-26-14-10-24(11-15-26)35(41)44-30-17-16-29(43-34(40)23-5-2-1-3-6-23)27-21-28(33(39)32(27)30)36-45-19-4-20-46-36/h7-8,12-13,16-17,23-24,26,37H,1-6,9-11,14-15,18-21H2. The second-order valence-corrected chi connectivity index (χ2v) is 15.0. The maximum Gasteiger partial charge on any atom is 0.314 e. The van der Waals surface area contributed by atoms with Gasteiger partial charge >= 0.3 is 17.9 Å². The molecule has 0 radical (unpaired) electrons. The minimum absolute atomic E-state index is 0.130. The van der Waals surface area contributed by atoms with Gasteiger partial charge in [-0.15, -0.1) is 23.5 Å². The molecule has 4 aliphatic rings. The van der Waals surface area contributed by atoms with E-state index in [2.05, 4.69) is 0 Å². The van der Waals surface area contributed by atoms with Crippen molar-refractivity contribution in [2.24, 2.45) is 11.8 Å². The van der Waals surface area contributed by atoms with Crippen LogP contribution in [0.1, 0.15) is 92.1 Å². The zero-order chi connectivity index (χ0) is 32.0. The van der Waals surface area contributed by atoms with Gasteiger partial charge in [-0.25, -0.2) is 0 Å². The predicted molar refractivity (Wildman–Crippen MR) is 177 cm³/mol. The van der Waals surface area contributed by atoms with Gasteiger partial charge in [0.05, 0.1) is 17.4 Å². The highest BCUT2D eigenvalue weighted by Crippen LogP contribution is 2.46. The van der Waals surface area contributed by atoms with E-state index >= 15 is 0 Å². The smallest absolute Gasteiger partial charge is 0.314 e. The number of ether oxygens (including phenoxy) is 3. The summed E-state index contributed by atoms with van der Waals surface area (Å²) in [6.45, 7) is 0. The van der Waals surface area contributed by atoms with Crippen molar-refractivity contribution in [3.05, 3.63) is 62.9 Å². The van der Waals surface area contributed by atoms with Gasteiger partial charge in [0.15, 0.2) is 5.78 Å². The first-order chi connectivity index (χ1) is 22.4. The van der Waals surface area contributed by atoms with Gasteiger partial charge in [-0.05, 0) is 92.7 Å². The molecule has 0 bridgehead atoms. The highest BCUT2D eigenvalue weighted by atomic mass is 32.2. The van der Waals surface area contributed by atoms with Crippen LogP contribution in [0.2, 0.25) is 0 Å². The SMILES string of the molecule is O=C(CCc1ccc(O)cc1)OC1CCC(C(=O)Oc2ccc(OC(=O)C3CCCCC3)c3c2C(=O)C(=C2SCCCS2)C3)CC1. The first kappa shape index (κ1) is 32.7. The Hall–Kier alpha value is -3.24. The normalized spacial score (nSPS) is 21.9. The van der Waals surface area contributed by atoms with Crippen LogP contribution in [0.15, 0.2) is 46.2 Å². The third-order valence-corrected chi connectivity index (χ3v) is 12.0. The lowest BCUT2D eigenvalue weighted by Gasteiger charge is -2.27. The van der Waals surface area contributed by atoms with Crippen molar-refractivity contribution in [1.29, 1.82) is 0 Å². The molecule has 2 aromatic rings. The molecule has 0 amide bonds. The van der Waals surface area contributed by atoms with E-state index in [4.69, 9.17) is 14.2 Å². The topological polar surface area (TPSA) is 116 Å². The lowest BCUT2D eigenvalue weighted by atomic mass is 9.87. The van der Waals surface area contributed by atoms with Crippen molar-refractivity contribution in [3.8, 4) is 17.2 Å². The molecule has 0 atom stereocenters. The number of rotatable bonds is 8. The van der Waals surface area contributed by atoms with Gasteiger partial charge < -0.3 is 19.3 Å². The molecule has 8 nitrogen and oxygen atoms in total. The van der Waals surface area contributed by atoms with Crippen molar-refractivity contribution in [2.45, 2.75) is 89.6 Å². The van der Waals surface area contributed by atoms with Crippen LogP contribution in [0.3, 0.4) is 0 Å². The van der Waals surface area contributed by atoms with Crippen LogP contribution < -0.4 is 9.47 Å². The number of aromatic hydroxyl groups is 1. The zero-order valence-electron chi connectivity index (χ0n) is 25.9. The number of carbonyl (C=O) groups is 4. The molecule has 1 N–H and O–H groups in total. The number of carbonyl (C=O) groups excluding carboxylic acids is 4. The molecule has 2 saturated carbocycles. The summed E-state index contributed by atoms with van der Waals surface area (Å²) in [5.74, 6) is 1.10. The number of thioether (sulfide) groups is 2. The van der Waals surface area contributed by atoms with Gasteiger partial charge in [0.25, 0.3) is 0 Å². The molecule has 3 fully saturated rings. The summed E-state index contributed by atoms with van der Waals surface area (Å²) in [5.41, 5.74) is 2.58. The van der Waals surface area contributed by atoms with Crippen molar-refractivity contribution >= 4 is 47.2 Å². The van der Waals surface area contributed by atoms with E-state index in [1.54, 1.807) is 59.9 Å². The van der Waals surface area contributed by atoms with E-state index in [1.165, 1.54) is 0 Å². The zero-order valence-corrected chi connectivity index (χ0v) is 27.6. The maximum atomic E-state index is 13.8. The Morgan fingerprint density at radius 2 is 1.39 bits per heavy atom. The monoisotopic (exact) mass is 664 g/mol. The summed E-state index contributed by atoms with van der Waals surface area (Å²) in [6.07, 6.45) is 8.91. The fourth-order valence-electron chi connectivity index (χ4n) is 6.68. The number of esters is 3. The van der Waals surface area contributed by atoms with Crippen LogP contribution in [0.25, 0.3) is 0 Å². The number of allylic oxidation sites excluding steroid dienone is 1. The van der Waals surface area contributed by atoms with Crippen molar-refractivity contribution in [1.82, 2.24) is 0 Å². The molecule has 1 saturated heterocycles. The Morgan fingerprint density at radius 1 is 0.761 bits per heavy atom. The van der Waals surface area contributed by atoms with Gasteiger partial charge in [-0.1, -0.05) is 31.4 Å². The molecule has 0 unspecified atom stereocenters. The Bertz CT molecular complexity index is 1490. The summed E-state index contributed by atoms with van der Waals surface area (Å²) in [4.78, 5) is 52.7. The molecule has 10 heteroatoms. The Labute approximate surface area is 278 Å². The maximum absolute atomic E-state index is 13.8. The average molecular weight is 665 g/mol. The third-order valence-electron chi connectivity index (χ3n) is 9.31. The number of phenolic OH excluding ortho intramolecular Hbond substituents is 1. The van der Waals surface area contributed by atoms with Gasteiger partial charge in [0, 0.05) is 28.2 Å².